The molecule has 1 aliphatic carbocycles. The predicted octanol–water partition coefficient (Wildman–Crippen LogP) is 0.877. The molecule has 14 heavy (non-hydrogen) atoms. The summed E-state index contributed by atoms with van der Waals surface area (Å²) in [5, 5.41) is 7.61. The van der Waals surface area contributed by atoms with Crippen LogP contribution in [-0.2, 0) is 9.84 Å². The van der Waals surface area contributed by atoms with E-state index in [4.69, 9.17) is 0 Å². The molecule has 2 unspecified atom stereocenters. The molecule has 1 N–H and O–H groups in total. The largest absolute Gasteiger partial charge is 0.418 e. The molecule has 1 aliphatic rings. The van der Waals surface area contributed by atoms with Gasteiger partial charge in [0.05, 0.1) is 5.25 Å². The molecule has 0 aromatic heterocycles. The molecule has 0 saturated heterocycles. The Kier molecular flexibility index (Phi) is 2.60. The molecular weight excluding hydrogens is 221 g/mol. The maximum atomic E-state index is 12.4. The molecule has 0 spiro atoms. The van der Waals surface area contributed by atoms with E-state index in [1.807, 2.05) is 0 Å². The summed E-state index contributed by atoms with van der Waals surface area (Å²) in [5.41, 5.74) is -3.05. The first-order valence-electron chi connectivity index (χ1n) is 4.07. The first-order valence-corrected chi connectivity index (χ1v) is 6.02. The van der Waals surface area contributed by atoms with Crippen LogP contribution in [0.1, 0.15) is 19.3 Å². The van der Waals surface area contributed by atoms with Crippen molar-refractivity contribution in [3.63, 3.8) is 0 Å². The van der Waals surface area contributed by atoms with Gasteiger partial charge >= 0.3 is 6.18 Å². The average molecular weight is 232 g/mol. The van der Waals surface area contributed by atoms with Crippen LogP contribution in [0.25, 0.3) is 0 Å². The molecule has 1 saturated carbocycles. The van der Waals surface area contributed by atoms with Crippen LogP contribution in [0.4, 0.5) is 13.2 Å². The molecule has 0 radical (unpaired) electrons. The molecule has 0 heterocycles. The zero-order valence-electron chi connectivity index (χ0n) is 7.50. The minimum atomic E-state index is -4.88. The molecule has 0 bridgehead atoms. The monoisotopic (exact) mass is 232 g/mol. The summed E-state index contributed by atoms with van der Waals surface area (Å²) in [4.78, 5) is 0. The van der Waals surface area contributed by atoms with E-state index in [-0.39, 0.29) is 12.8 Å². The van der Waals surface area contributed by atoms with Gasteiger partial charge in [0.15, 0.2) is 15.4 Å². The fourth-order valence-electron chi connectivity index (χ4n) is 1.85. The highest BCUT2D eigenvalue weighted by Gasteiger charge is 2.63. The van der Waals surface area contributed by atoms with E-state index in [0.29, 0.717) is 0 Å². The maximum absolute atomic E-state index is 12.4. The number of aliphatic hydroxyl groups is 1. The second-order valence-electron chi connectivity index (χ2n) is 3.63. The SMILES string of the molecule is CS(=O)(=O)C1CCCC1(O)C(F)(F)F. The minimum absolute atomic E-state index is 0.0771. The van der Waals surface area contributed by atoms with Gasteiger partial charge in [0, 0.05) is 6.26 Å². The van der Waals surface area contributed by atoms with Crippen molar-refractivity contribution in [1.29, 1.82) is 0 Å². The van der Waals surface area contributed by atoms with Gasteiger partial charge in [-0.05, 0) is 19.3 Å². The molecule has 1 fully saturated rings. The van der Waals surface area contributed by atoms with E-state index < -0.39 is 33.3 Å². The number of hydrogen-bond acceptors (Lipinski definition) is 3. The number of alkyl halides is 3. The summed E-state index contributed by atoms with van der Waals surface area (Å²) in [6.07, 6.45) is -4.74. The average Bonchev–Trinajstić information content (AvgIpc) is 2.28. The first-order chi connectivity index (χ1) is 6.09. The zero-order chi connectivity index (χ0) is 11.2. The van der Waals surface area contributed by atoms with Gasteiger partial charge in [0.1, 0.15) is 0 Å². The van der Waals surface area contributed by atoms with Crippen LogP contribution in [0.15, 0.2) is 0 Å². The summed E-state index contributed by atoms with van der Waals surface area (Å²) >= 11 is 0. The van der Waals surface area contributed by atoms with Gasteiger partial charge in [-0.1, -0.05) is 0 Å². The Hall–Kier alpha value is -0.300. The molecular formula is C7H11F3O3S. The van der Waals surface area contributed by atoms with Crippen molar-refractivity contribution in [2.45, 2.75) is 36.3 Å². The number of sulfone groups is 1. The Morgan fingerprint density at radius 3 is 2.21 bits per heavy atom. The second kappa shape index (κ2) is 3.10. The van der Waals surface area contributed by atoms with Crippen LogP contribution in [0.2, 0.25) is 0 Å². The lowest BCUT2D eigenvalue weighted by atomic mass is 10.0. The molecule has 2 atom stereocenters. The summed E-state index contributed by atoms with van der Waals surface area (Å²) < 4.78 is 59.3. The Bertz CT molecular complexity index is 322. The zero-order valence-corrected chi connectivity index (χ0v) is 8.32. The van der Waals surface area contributed by atoms with Gasteiger partial charge in [-0.25, -0.2) is 8.42 Å². The van der Waals surface area contributed by atoms with Crippen LogP contribution in [0, 0.1) is 0 Å². The quantitative estimate of drug-likeness (QED) is 0.730. The van der Waals surface area contributed by atoms with Crippen molar-refractivity contribution in [1.82, 2.24) is 0 Å². The molecule has 7 heteroatoms. The molecule has 1 rings (SSSR count). The van der Waals surface area contributed by atoms with Crippen molar-refractivity contribution in [3.8, 4) is 0 Å². The summed E-state index contributed by atoms with van der Waals surface area (Å²) in [6.45, 7) is 0. The van der Waals surface area contributed by atoms with Crippen LogP contribution >= 0.6 is 0 Å². The highest BCUT2D eigenvalue weighted by atomic mass is 32.2. The molecule has 84 valence electrons. The highest BCUT2D eigenvalue weighted by Crippen LogP contribution is 2.45. The van der Waals surface area contributed by atoms with Crippen molar-refractivity contribution >= 4 is 9.84 Å². The fourth-order valence-corrected chi connectivity index (χ4v) is 3.40. The van der Waals surface area contributed by atoms with Crippen molar-refractivity contribution < 1.29 is 26.7 Å². The summed E-state index contributed by atoms with van der Waals surface area (Å²) in [7, 11) is -3.86. The molecule has 0 aromatic rings. The Morgan fingerprint density at radius 2 is 1.93 bits per heavy atom. The summed E-state index contributed by atoms with van der Waals surface area (Å²) in [5.74, 6) is 0. The van der Waals surface area contributed by atoms with E-state index >= 15 is 0 Å². The first kappa shape index (κ1) is 11.8. The third-order valence-corrected chi connectivity index (χ3v) is 4.22. The molecule has 0 aromatic carbocycles. The van der Waals surface area contributed by atoms with E-state index in [0.717, 1.165) is 6.26 Å². The summed E-state index contributed by atoms with van der Waals surface area (Å²) in [6, 6.07) is 0. The van der Waals surface area contributed by atoms with Gasteiger partial charge in [-0.2, -0.15) is 13.2 Å². The van der Waals surface area contributed by atoms with Gasteiger partial charge < -0.3 is 5.11 Å². The maximum Gasteiger partial charge on any atom is 0.418 e. The normalized spacial score (nSPS) is 34.8. The third kappa shape index (κ3) is 1.75. The van der Waals surface area contributed by atoms with E-state index in [9.17, 15) is 26.7 Å². The van der Waals surface area contributed by atoms with Crippen LogP contribution in [0.5, 0.6) is 0 Å². The Labute approximate surface area is 79.8 Å². The van der Waals surface area contributed by atoms with Crippen molar-refractivity contribution in [2.24, 2.45) is 0 Å². The molecule has 0 amide bonds. The van der Waals surface area contributed by atoms with Crippen LogP contribution in [-0.4, -0.2) is 36.8 Å². The van der Waals surface area contributed by atoms with Crippen LogP contribution < -0.4 is 0 Å². The second-order valence-corrected chi connectivity index (χ2v) is 5.86. The van der Waals surface area contributed by atoms with Gasteiger partial charge in [0.2, 0.25) is 0 Å². The van der Waals surface area contributed by atoms with E-state index in [1.54, 1.807) is 0 Å². The number of rotatable bonds is 1. The van der Waals surface area contributed by atoms with Gasteiger partial charge in [-0.15, -0.1) is 0 Å². The molecule has 3 nitrogen and oxygen atoms in total. The number of hydrogen-bond donors (Lipinski definition) is 1. The van der Waals surface area contributed by atoms with Crippen LogP contribution in [0.3, 0.4) is 0 Å². The highest BCUT2D eigenvalue weighted by molar-refractivity contribution is 7.91. The number of halogens is 3. The lowest BCUT2D eigenvalue weighted by molar-refractivity contribution is -0.255. The predicted molar refractivity (Wildman–Crippen MR) is 43.5 cm³/mol. The standard InChI is InChI=1S/C7H11F3O3S/c1-14(12,13)5-3-2-4-6(5,11)7(8,9)10/h5,11H,2-4H2,1H3. The minimum Gasteiger partial charge on any atom is -0.379 e. The Morgan fingerprint density at radius 1 is 1.43 bits per heavy atom. The lowest BCUT2D eigenvalue weighted by Crippen LogP contribution is -2.53. The topological polar surface area (TPSA) is 54.4 Å². The Balaban J connectivity index is 3.11. The van der Waals surface area contributed by atoms with Gasteiger partial charge in [0.25, 0.3) is 0 Å². The lowest BCUT2D eigenvalue weighted by Gasteiger charge is -2.30. The van der Waals surface area contributed by atoms with E-state index in [1.165, 1.54) is 0 Å². The van der Waals surface area contributed by atoms with Crippen molar-refractivity contribution in [2.75, 3.05) is 6.26 Å². The van der Waals surface area contributed by atoms with E-state index in [2.05, 4.69) is 0 Å². The smallest absolute Gasteiger partial charge is 0.379 e. The third-order valence-electron chi connectivity index (χ3n) is 2.56. The van der Waals surface area contributed by atoms with Crippen molar-refractivity contribution in [3.05, 3.63) is 0 Å². The fraction of sp³-hybridized carbons (Fsp3) is 1.00. The molecule has 0 aliphatic heterocycles. The van der Waals surface area contributed by atoms with Gasteiger partial charge in [-0.3, -0.25) is 0 Å².